The molecule has 8 heteroatoms. The van der Waals surface area contributed by atoms with Crippen LogP contribution in [0.5, 0.6) is 0 Å². The molecule has 0 aliphatic heterocycles. The predicted octanol–water partition coefficient (Wildman–Crippen LogP) is 2.47. The monoisotopic (exact) mass is 292 g/mol. The first-order valence-electron chi connectivity index (χ1n) is 5.21. The number of aromatic nitrogens is 2. The van der Waals surface area contributed by atoms with E-state index in [0.717, 1.165) is 22.8 Å². The Morgan fingerprint density at radius 1 is 1.32 bits per heavy atom. The van der Waals surface area contributed by atoms with E-state index in [0.29, 0.717) is 0 Å². The lowest BCUT2D eigenvalue weighted by Gasteiger charge is -2.13. The van der Waals surface area contributed by atoms with Gasteiger partial charge >= 0.3 is 17.3 Å². The van der Waals surface area contributed by atoms with Crippen molar-refractivity contribution in [2.75, 3.05) is 0 Å². The van der Waals surface area contributed by atoms with Gasteiger partial charge in [-0.3, -0.25) is 14.2 Å². The maximum absolute atomic E-state index is 12.6. The minimum Gasteiger partial charge on any atom is -0.316 e. The van der Waals surface area contributed by atoms with Crippen molar-refractivity contribution in [2.45, 2.75) is 18.6 Å². The Morgan fingerprint density at radius 2 is 1.95 bits per heavy atom. The third kappa shape index (κ3) is 2.37. The summed E-state index contributed by atoms with van der Waals surface area (Å²) in [6, 6.07) is 2.70. The van der Waals surface area contributed by atoms with Gasteiger partial charge in [-0.05, 0) is 25.1 Å². The summed E-state index contributed by atoms with van der Waals surface area (Å²) < 4.78 is 38.6. The van der Waals surface area contributed by atoms with Crippen LogP contribution in [0.4, 0.5) is 13.2 Å². The lowest BCUT2D eigenvalue weighted by Crippen LogP contribution is -2.36. The van der Waals surface area contributed by atoms with Crippen molar-refractivity contribution in [3.05, 3.63) is 44.5 Å². The second kappa shape index (κ2) is 4.41. The average molecular weight is 293 g/mol. The van der Waals surface area contributed by atoms with Gasteiger partial charge in [-0.2, -0.15) is 13.2 Å². The lowest BCUT2D eigenvalue weighted by molar-refractivity contribution is -0.137. The number of H-pyrrole nitrogens is 1. The Bertz CT molecular complexity index is 746. The second-order valence-corrected chi connectivity index (χ2v) is 4.56. The number of nitrogens with zero attached hydrogens (tertiary/aromatic N) is 1. The van der Waals surface area contributed by atoms with Crippen molar-refractivity contribution in [1.82, 2.24) is 9.55 Å². The molecule has 0 amide bonds. The Morgan fingerprint density at radius 3 is 2.47 bits per heavy atom. The SMILES string of the molecule is CC(Cl)n1c(=O)c(=O)[nH]c2cc(C(F)(F)F)ccc21. The van der Waals surface area contributed by atoms with Gasteiger partial charge < -0.3 is 4.98 Å². The number of halogens is 4. The zero-order valence-electron chi connectivity index (χ0n) is 9.58. The van der Waals surface area contributed by atoms with Crippen LogP contribution in [-0.2, 0) is 6.18 Å². The molecule has 0 aliphatic rings. The molecule has 0 saturated heterocycles. The summed E-state index contributed by atoms with van der Waals surface area (Å²) in [5.41, 5.74) is -3.64. The summed E-state index contributed by atoms with van der Waals surface area (Å²) in [6.07, 6.45) is -4.53. The Labute approximate surface area is 109 Å². The summed E-state index contributed by atoms with van der Waals surface area (Å²) in [5, 5.41) is 0. The summed E-state index contributed by atoms with van der Waals surface area (Å²) in [6.45, 7) is 1.44. The van der Waals surface area contributed by atoms with E-state index in [1.165, 1.54) is 6.92 Å². The van der Waals surface area contributed by atoms with Crippen LogP contribution in [0.25, 0.3) is 11.0 Å². The second-order valence-electron chi connectivity index (χ2n) is 3.93. The molecule has 0 saturated carbocycles. The third-order valence-corrected chi connectivity index (χ3v) is 2.80. The molecular weight excluding hydrogens is 285 g/mol. The molecule has 1 unspecified atom stereocenters. The van der Waals surface area contributed by atoms with Crippen molar-refractivity contribution in [1.29, 1.82) is 0 Å². The molecule has 19 heavy (non-hydrogen) atoms. The predicted molar refractivity (Wildman–Crippen MR) is 64.4 cm³/mol. The number of alkyl halides is 4. The highest BCUT2D eigenvalue weighted by molar-refractivity contribution is 6.19. The maximum atomic E-state index is 12.6. The number of benzene rings is 1. The van der Waals surface area contributed by atoms with E-state index in [1.807, 2.05) is 0 Å². The fourth-order valence-electron chi connectivity index (χ4n) is 1.77. The molecule has 1 aromatic carbocycles. The number of rotatable bonds is 1. The third-order valence-electron chi connectivity index (χ3n) is 2.60. The van der Waals surface area contributed by atoms with Gasteiger partial charge in [-0.25, -0.2) is 0 Å². The summed E-state index contributed by atoms with van der Waals surface area (Å²) in [7, 11) is 0. The van der Waals surface area contributed by atoms with E-state index in [1.54, 1.807) is 0 Å². The summed E-state index contributed by atoms with van der Waals surface area (Å²) in [4.78, 5) is 25.1. The molecule has 0 bridgehead atoms. The normalized spacial score (nSPS) is 13.7. The van der Waals surface area contributed by atoms with Crippen LogP contribution >= 0.6 is 11.6 Å². The number of hydrogen-bond donors (Lipinski definition) is 1. The zero-order chi connectivity index (χ0) is 14.4. The molecule has 2 aromatic rings. The van der Waals surface area contributed by atoms with E-state index >= 15 is 0 Å². The van der Waals surface area contributed by atoms with Crippen molar-refractivity contribution in [2.24, 2.45) is 0 Å². The molecule has 0 radical (unpaired) electrons. The molecule has 0 spiro atoms. The average Bonchev–Trinajstić information content (AvgIpc) is 2.28. The van der Waals surface area contributed by atoms with E-state index < -0.39 is 28.4 Å². The number of hydrogen-bond acceptors (Lipinski definition) is 2. The van der Waals surface area contributed by atoms with Crippen LogP contribution in [0, 0.1) is 0 Å². The fourth-order valence-corrected chi connectivity index (χ4v) is 1.96. The molecule has 1 atom stereocenters. The van der Waals surface area contributed by atoms with E-state index in [4.69, 9.17) is 11.6 Å². The highest BCUT2D eigenvalue weighted by Crippen LogP contribution is 2.30. The molecule has 1 heterocycles. The van der Waals surface area contributed by atoms with Gasteiger partial charge in [0, 0.05) is 0 Å². The van der Waals surface area contributed by atoms with Crippen LogP contribution in [-0.4, -0.2) is 9.55 Å². The fraction of sp³-hybridized carbons (Fsp3) is 0.273. The Balaban J connectivity index is 2.87. The van der Waals surface area contributed by atoms with Gasteiger partial charge in [0.2, 0.25) is 0 Å². The topological polar surface area (TPSA) is 54.9 Å². The van der Waals surface area contributed by atoms with Crippen LogP contribution in [0.1, 0.15) is 18.0 Å². The zero-order valence-corrected chi connectivity index (χ0v) is 10.3. The molecular formula is C11H8ClF3N2O2. The maximum Gasteiger partial charge on any atom is 0.416 e. The minimum absolute atomic E-state index is 0.0908. The molecule has 2 rings (SSSR count). The highest BCUT2D eigenvalue weighted by Gasteiger charge is 2.30. The standard InChI is InChI=1S/C11H8ClF3N2O2/c1-5(12)17-8-3-2-6(11(13,14)15)4-7(8)16-9(18)10(17)19/h2-5H,1H3,(H,16,18). The molecule has 1 aromatic heterocycles. The smallest absolute Gasteiger partial charge is 0.316 e. The van der Waals surface area contributed by atoms with Crippen molar-refractivity contribution in [3.8, 4) is 0 Å². The van der Waals surface area contributed by atoms with Crippen LogP contribution in [0.3, 0.4) is 0 Å². The number of nitrogens with one attached hydrogen (secondary N) is 1. The Hall–Kier alpha value is -1.76. The molecule has 102 valence electrons. The van der Waals surface area contributed by atoms with Gasteiger partial charge in [0.25, 0.3) is 0 Å². The van der Waals surface area contributed by atoms with Crippen molar-refractivity contribution < 1.29 is 13.2 Å². The van der Waals surface area contributed by atoms with Gasteiger partial charge in [0.05, 0.1) is 16.6 Å². The number of fused-ring (bicyclic) bond motifs is 1. The van der Waals surface area contributed by atoms with E-state index in [9.17, 15) is 22.8 Å². The number of aromatic amines is 1. The van der Waals surface area contributed by atoms with Gasteiger partial charge in [-0.15, -0.1) is 0 Å². The van der Waals surface area contributed by atoms with E-state index in [2.05, 4.69) is 4.98 Å². The highest BCUT2D eigenvalue weighted by atomic mass is 35.5. The largest absolute Gasteiger partial charge is 0.416 e. The van der Waals surface area contributed by atoms with Gasteiger partial charge in [-0.1, -0.05) is 11.6 Å². The van der Waals surface area contributed by atoms with Gasteiger partial charge in [0.15, 0.2) is 0 Å². The first-order chi connectivity index (χ1) is 8.71. The first-order valence-corrected chi connectivity index (χ1v) is 5.65. The van der Waals surface area contributed by atoms with Crippen LogP contribution in [0.2, 0.25) is 0 Å². The van der Waals surface area contributed by atoms with Crippen LogP contribution < -0.4 is 11.1 Å². The van der Waals surface area contributed by atoms with Gasteiger partial charge in [0.1, 0.15) is 5.50 Å². The van der Waals surface area contributed by atoms with Crippen molar-refractivity contribution >= 4 is 22.6 Å². The Kier molecular flexibility index (Phi) is 3.17. The summed E-state index contributed by atoms with van der Waals surface area (Å²) in [5.74, 6) is 0. The van der Waals surface area contributed by atoms with Crippen molar-refractivity contribution in [3.63, 3.8) is 0 Å². The molecule has 0 fully saturated rings. The molecule has 4 nitrogen and oxygen atoms in total. The quantitative estimate of drug-likeness (QED) is 0.648. The first kappa shape index (κ1) is 13.7. The van der Waals surface area contributed by atoms with E-state index in [-0.39, 0.29) is 11.0 Å². The molecule has 1 N–H and O–H groups in total. The summed E-state index contributed by atoms with van der Waals surface area (Å²) >= 11 is 5.78. The minimum atomic E-state index is -4.53. The van der Waals surface area contributed by atoms with Crippen LogP contribution in [0.15, 0.2) is 27.8 Å². The lowest BCUT2D eigenvalue weighted by atomic mass is 10.2. The molecule has 0 aliphatic carbocycles.